The molecule has 6 rings (SSSR count). The number of hydrogen-bond acceptors (Lipinski definition) is 6. The van der Waals surface area contributed by atoms with Gasteiger partial charge in [-0.1, -0.05) is 54.1 Å². The molecule has 3 aromatic rings. The summed E-state index contributed by atoms with van der Waals surface area (Å²) in [6, 6.07) is 20.3. The average molecular weight is 518 g/mol. The number of ether oxygens (including phenoxy) is 1. The highest BCUT2D eigenvalue weighted by Gasteiger charge is 2.33. The molecule has 2 aromatic carbocycles. The van der Waals surface area contributed by atoms with Crippen LogP contribution in [0.2, 0.25) is 0 Å². The predicted octanol–water partition coefficient (Wildman–Crippen LogP) is 2.37. The van der Waals surface area contributed by atoms with Crippen molar-refractivity contribution < 1.29 is 14.3 Å². The van der Waals surface area contributed by atoms with E-state index in [0.29, 0.717) is 17.3 Å². The number of rotatable bonds is 7. The van der Waals surface area contributed by atoms with E-state index >= 15 is 0 Å². The molecule has 1 fully saturated rings. The molecule has 194 valence electrons. The lowest BCUT2D eigenvalue weighted by Crippen LogP contribution is -2.38. The molecule has 1 aromatic heterocycles. The molecule has 0 bridgehead atoms. The minimum atomic E-state index is -1.53. The first kappa shape index (κ1) is 24.7. The van der Waals surface area contributed by atoms with Crippen molar-refractivity contribution in [2.24, 2.45) is 5.92 Å². The Labute approximate surface area is 225 Å². The first-order valence-corrected chi connectivity index (χ1v) is 13.0. The second kappa shape index (κ2) is 10.7. The van der Waals surface area contributed by atoms with Crippen molar-refractivity contribution >= 4 is 29.0 Å². The Kier molecular flexibility index (Phi) is 6.76. The Morgan fingerprint density at radius 1 is 1.03 bits per heavy atom. The number of fused-ring (bicyclic) bond motifs is 2. The molecule has 8 heteroatoms. The van der Waals surface area contributed by atoms with Crippen LogP contribution in [-0.4, -0.2) is 59.2 Å². The van der Waals surface area contributed by atoms with E-state index in [0.717, 1.165) is 55.0 Å². The molecular formula is C31H27N5O3. The Balaban J connectivity index is 1.40. The van der Waals surface area contributed by atoms with Crippen molar-refractivity contribution in [3.05, 3.63) is 100 Å². The van der Waals surface area contributed by atoms with Crippen molar-refractivity contribution in [1.29, 1.82) is 5.26 Å². The molecular weight excluding hydrogens is 490 g/mol. The maximum Gasteiger partial charge on any atom is 0.249 e. The van der Waals surface area contributed by atoms with Crippen LogP contribution in [0.5, 0.6) is 0 Å². The van der Waals surface area contributed by atoms with Crippen LogP contribution in [0.4, 0.5) is 5.69 Å². The van der Waals surface area contributed by atoms with Gasteiger partial charge in [-0.15, -0.1) is 0 Å². The third-order valence-corrected chi connectivity index (χ3v) is 7.23. The summed E-state index contributed by atoms with van der Waals surface area (Å²) in [5.41, 5.74) is 4.73. The molecule has 1 amide bonds. The molecule has 0 radical (unpaired) electrons. The van der Waals surface area contributed by atoms with E-state index < -0.39 is 17.6 Å². The van der Waals surface area contributed by atoms with Gasteiger partial charge in [-0.25, -0.2) is 4.68 Å². The average Bonchev–Trinajstić information content (AvgIpc) is 3.52. The van der Waals surface area contributed by atoms with Crippen molar-refractivity contribution in [2.45, 2.75) is 6.42 Å². The number of amides is 1. The molecule has 0 spiro atoms. The largest absolute Gasteiger partial charge is 0.379 e. The van der Waals surface area contributed by atoms with Crippen molar-refractivity contribution in [3.63, 3.8) is 0 Å². The molecule has 2 aliphatic carbocycles. The minimum Gasteiger partial charge on any atom is -0.379 e. The molecule has 1 N–H and O–H groups in total. The van der Waals surface area contributed by atoms with Gasteiger partial charge in [0.1, 0.15) is 5.69 Å². The van der Waals surface area contributed by atoms with Gasteiger partial charge in [-0.05, 0) is 47.9 Å². The zero-order valence-corrected chi connectivity index (χ0v) is 21.3. The highest BCUT2D eigenvalue weighted by molar-refractivity contribution is 6.15. The minimum absolute atomic E-state index is 0.144. The van der Waals surface area contributed by atoms with Crippen LogP contribution in [0.15, 0.2) is 84.0 Å². The standard InChI is InChI=1S/C31H27N5O3/c32-19-26(31(38)33-23-7-3-1-4-8-23)30(37)29-28-25-17-21(20-35-13-15-39-16-14-35)11-12-22(25)18-27(28)36(34-29)24-9-5-2-6-10-24/h1-12,18,26H,13-17,20H2,(H,33,38). The van der Waals surface area contributed by atoms with Gasteiger partial charge >= 0.3 is 0 Å². The molecule has 2 heterocycles. The maximum atomic E-state index is 13.8. The second-order valence-corrected chi connectivity index (χ2v) is 9.77. The number of carbonyl (C=O) groups excluding carboxylic acids is 2. The number of benzene rings is 2. The monoisotopic (exact) mass is 517 g/mol. The van der Waals surface area contributed by atoms with Crippen LogP contribution in [0, 0.1) is 17.2 Å². The number of hydrogen-bond donors (Lipinski definition) is 1. The van der Waals surface area contributed by atoms with Crippen LogP contribution in [0.1, 0.15) is 16.9 Å². The fourth-order valence-corrected chi connectivity index (χ4v) is 5.28. The second-order valence-electron chi connectivity index (χ2n) is 9.77. The summed E-state index contributed by atoms with van der Waals surface area (Å²) in [5.74, 6) is -2.81. The summed E-state index contributed by atoms with van der Waals surface area (Å²) in [7, 11) is 0. The number of morpholine rings is 1. The Morgan fingerprint density at radius 2 is 1.74 bits per heavy atom. The van der Waals surface area contributed by atoms with E-state index in [2.05, 4.69) is 22.4 Å². The van der Waals surface area contributed by atoms with E-state index in [1.807, 2.05) is 48.5 Å². The smallest absolute Gasteiger partial charge is 0.249 e. The Morgan fingerprint density at radius 3 is 2.46 bits per heavy atom. The highest BCUT2D eigenvalue weighted by Crippen LogP contribution is 2.29. The van der Waals surface area contributed by atoms with E-state index in [1.54, 1.807) is 28.9 Å². The fourth-order valence-electron chi connectivity index (χ4n) is 5.28. The lowest BCUT2D eigenvalue weighted by atomic mass is 9.92. The van der Waals surface area contributed by atoms with Gasteiger partial charge in [-0.3, -0.25) is 14.5 Å². The lowest BCUT2D eigenvalue weighted by Gasteiger charge is -2.28. The van der Waals surface area contributed by atoms with E-state index in [1.165, 1.54) is 5.57 Å². The number of aromatic nitrogens is 2. The molecule has 0 saturated carbocycles. The third-order valence-electron chi connectivity index (χ3n) is 7.23. The van der Waals surface area contributed by atoms with Crippen LogP contribution in [-0.2, 0) is 9.53 Å². The summed E-state index contributed by atoms with van der Waals surface area (Å²) in [6.07, 6.45) is 6.95. The van der Waals surface area contributed by atoms with E-state index in [-0.39, 0.29) is 5.69 Å². The number of carbonyl (C=O) groups is 2. The molecule has 1 aliphatic heterocycles. The molecule has 39 heavy (non-hydrogen) atoms. The van der Waals surface area contributed by atoms with Crippen molar-refractivity contribution in [1.82, 2.24) is 14.7 Å². The number of para-hydroxylation sites is 2. The van der Waals surface area contributed by atoms with Crippen LogP contribution >= 0.6 is 0 Å². The van der Waals surface area contributed by atoms with E-state index in [4.69, 9.17) is 9.84 Å². The van der Waals surface area contributed by atoms with E-state index in [9.17, 15) is 14.9 Å². The van der Waals surface area contributed by atoms with Crippen molar-refractivity contribution in [3.8, 4) is 11.8 Å². The first-order chi connectivity index (χ1) is 19.1. The molecule has 1 unspecified atom stereocenters. The van der Waals surface area contributed by atoms with Gasteiger partial charge in [0.15, 0.2) is 5.92 Å². The number of nitrogens with zero attached hydrogens (tertiary/aromatic N) is 4. The maximum absolute atomic E-state index is 13.8. The Bertz CT molecular complexity index is 1660. The van der Waals surface area contributed by atoms with Gasteiger partial charge in [0, 0.05) is 30.5 Å². The number of anilines is 1. The number of nitriles is 1. The predicted molar refractivity (Wildman–Crippen MR) is 147 cm³/mol. The van der Waals surface area contributed by atoms with Crippen LogP contribution in [0.25, 0.3) is 17.3 Å². The lowest BCUT2D eigenvalue weighted by molar-refractivity contribution is -0.117. The molecule has 3 aliphatic rings. The summed E-state index contributed by atoms with van der Waals surface area (Å²) in [6.45, 7) is 4.05. The topological polar surface area (TPSA) is 100 Å². The molecule has 1 atom stereocenters. The molecule has 1 saturated heterocycles. The van der Waals surface area contributed by atoms with Gasteiger partial charge in [0.25, 0.3) is 0 Å². The van der Waals surface area contributed by atoms with Gasteiger partial charge in [0.05, 0.1) is 30.3 Å². The van der Waals surface area contributed by atoms with Crippen LogP contribution in [0.3, 0.4) is 0 Å². The number of Topliss-reactive ketones (excluding diaryl/α,β-unsaturated/α-hetero) is 1. The number of allylic oxidation sites excluding steroid dienone is 3. The summed E-state index contributed by atoms with van der Waals surface area (Å²) < 4.78 is 7.23. The zero-order chi connectivity index (χ0) is 26.8. The third kappa shape index (κ3) is 4.86. The number of ketones is 1. The van der Waals surface area contributed by atoms with Gasteiger partial charge < -0.3 is 10.1 Å². The van der Waals surface area contributed by atoms with Crippen LogP contribution < -0.4 is 15.9 Å². The molecule has 8 nitrogen and oxygen atoms in total. The van der Waals surface area contributed by atoms with Gasteiger partial charge in [-0.2, -0.15) is 10.4 Å². The summed E-state index contributed by atoms with van der Waals surface area (Å²) >= 11 is 0. The highest BCUT2D eigenvalue weighted by atomic mass is 16.5. The summed E-state index contributed by atoms with van der Waals surface area (Å²) in [5, 5.41) is 18.8. The Hall–Kier alpha value is -4.58. The quantitative estimate of drug-likeness (QED) is 0.382. The van der Waals surface area contributed by atoms with Crippen molar-refractivity contribution in [2.75, 3.05) is 38.2 Å². The summed E-state index contributed by atoms with van der Waals surface area (Å²) in [4.78, 5) is 29.3. The first-order valence-electron chi connectivity index (χ1n) is 13.0. The van der Waals surface area contributed by atoms with Gasteiger partial charge in [0.2, 0.25) is 11.7 Å². The number of nitrogens with one attached hydrogen (secondary N) is 1. The normalized spacial score (nSPS) is 17.2. The zero-order valence-electron chi connectivity index (χ0n) is 21.3. The SMILES string of the molecule is N#CC(C(=O)Nc1ccccc1)C(=O)c1nn(-c2ccccc2)c2c1=C1CC(CN3CCOCC3)=CC=C1C=2. The fraction of sp³-hybridized carbons (Fsp3) is 0.226.